The number of hydrogen-bond acceptors (Lipinski definition) is 2. The van der Waals surface area contributed by atoms with Crippen LogP contribution in [0.15, 0.2) is 30.3 Å². The minimum Gasteiger partial charge on any atom is -0.481 e. The van der Waals surface area contributed by atoms with Crippen molar-refractivity contribution in [3.8, 4) is 0 Å². The monoisotopic (exact) mass is 219 g/mol. The van der Waals surface area contributed by atoms with Gasteiger partial charge < -0.3 is 10.4 Å². The first-order valence-electron chi connectivity index (χ1n) is 5.80. The highest BCUT2D eigenvalue weighted by Gasteiger charge is 2.25. The van der Waals surface area contributed by atoms with E-state index in [-0.39, 0.29) is 5.92 Å². The van der Waals surface area contributed by atoms with Crippen molar-refractivity contribution >= 4 is 11.7 Å². The summed E-state index contributed by atoms with van der Waals surface area (Å²) in [7, 11) is 0. The van der Waals surface area contributed by atoms with Gasteiger partial charge in [-0.2, -0.15) is 0 Å². The average Bonchev–Trinajstić information content (AvgIpc) is 2.31. The van der Waals surface area contributed by atoms with Gasteiger partial charge >= 0.3 is 5.97 Å². The molecule has 1 saturated carbocycles. The van der Waals surface area contributed by atoms with Crippen molar-refractivity contribution in [3.05, 3.63) is 30.3 Å². The number of carboxylic acids is 1. The van der Waals surface area contributed by atoms with E-state index in [1.807, 2.05) is 30.3 Å². The fraction of sp³-hybridized carbons (Fsp3) is 0.462. The summed E-state index contributed by atoms with van der Waals surface area (Å²) in [4.78, 5) is 10.8. The zero-order valence-electron chi connectivity index (χ0n) is 9.23. The third kappa shape index (κ3) is 2.75. The zero-order chi connectivity index (χ0) is 11.4. The summed E-state index contributed by atoms with van der Waals surface area (Å²) < 4.78 is 0. The molecular formula is C13H17NO2. The first-order chi connectivity index (χ1) is 7.75. The highest BCUT2D eigenvalue weighted by Crippen LogP contribution is 2.26. The van der Waals surface area contributed by atoms with E-state index < -0.39 is 5.97 Å². The van der Waals surface area contributed by atoms with Gasteiger partial charge in [-0.15, -0.1) is 0 Å². The largest absolute Gasteiger partial charge is 0.481 e. The Hall–Kier alpha value is -1.51. The summed E-state index contributed by atoms with van der Waals surface area (Å²) in [6.45, 7) is 0. The molecule has 0 aliphatic heterocycles. The standard InChI is InChI=1S/C13H17NO2/c15-13(16)10-6-8-12(9-7-10)14-11-4-2-1-3-5-11/h1-5,10,12,14H,6-9H2,(H,15,16)/t10-,12+. The van der Waals surface area contributed by atoms with Gasteiger partial charge in [0.15, 0.2) is 0 Å². The fourth-order valence-electron chi connectivity index (χ4n) is 2.25. The minimum atomic E-state index is -0.641. The molecule has 86 valence electrons. The molecule has 1 aromatic carbocycles. The highest BCUT2D eigenvalue weighted by atomic mass is 16.4. The molecule has 3 heteroatoms. The summed E-state index contributed by atoms with van der Waals surface area (Å²) in [5.41, 5.74) is 1.13. The van der Waals surface area contributed by atoms with Gasteiger partial charge in [0.05, 0.1) is 5.92 Å². The summed E-state index contributed by atoms with van der Waals surface area (Å²) in [5.74, 6) is -0.771. The molecule has 0 aromatic heterocycles. The Morgan fingerprint density at radius 2 is 1.75 bits per heavy atom. The molecule has 0 radical (unpaired) electrons. The van der Waals surface area contributed by atoms with E-state index in [1.54, 1.807) is 0 Å². The molecule has 0 saturated heterocycles. The lowest BCUT2D eigenvalue weighted by Crippen LogP contribution is -2.29. The van der Waals surface area contributed by atoms with Crippen LogP contribution in [0.25, 0.3) is 0 Å². The topological polar surface area (TPSA) is 49.3 Å². The van der Waals surface area contributed by atoms with Crippen molar-refractivity contribution in [2.45, 2.75) is 31.7 Å². The number of anilines is 1. The van der Waals surface area contributed by atoms with Gasteiger partial charge in [-0.25, -0.2) is 0 Å². The van der Waals surface area contributed by atoms with Crippen LogP contribution in [0, 0.1) is 5.92 Å². The van der Waals surface area contributed by atoms with Crippen molar-refractivity contribution in [3.63, 3.8) is 0 Å². The lowest BCUT2D eigenvalue weighted by molar-refractivity contribution is -0.142. The van der Waals surface area contributed by atoms with Crippen LogP contribution in [0.1, 0.15) is 25.7 Å². The van der Waals surface area contributed by atoms with E-state index >= 15 is 0 Å². The highest BCUT2D eigenvalue weighted by molar-refractivity contribution is 5.70. The Morgan fingerprint density at radius 1 is 1.12 bits per heavy atom. The molecule has 1 aliphatic rings. The summed E-state index contributed by atoms with van der Waals surface area (Å²) in [6.07, 6.45) is 3.48. The fourth-order valence-corrected chi connectivity index (χ4v) is 2.25. The lowest BCUT2D eigenvalue weighted by Gasteiger charge is -2.27. The Labute approximate surface area is 95.5 Å². The summed E-state index contributed by atoms with van der Waals surface area (Å²) in [6, 6.07) is 10.5. The summed E-state index contributed by atoms with van der Waals surface area (Å²) >= 11 is 0. The third-order valence-electron chi connectivity index (χ3n) is 3.22. The normalized spacial score (nSPS) is 25.0. The van der Waals surface area contributed by atoms with Gasteiger partial charge in [0, 0.05) is 11.7 Å². The van der Waals surface area contributed by atoms with E-state index in [2.05, 4.69) is 5.32 Å². The van der Waals surface area contributed by atoms with Crippen molar-refractivity contribution in [1.29, 1.82) is 0 Å². The number of benzene rings is 1. The molecule has 2 rings (SSSR count). The number of hydrogen-bond donors (Lipinski definition) is 2. The zero-order valence-corrected chi connectivity index (χ0v) is 9.23. The molecule has 1 aromatic rings. The van der Waals surface area contributed by atoms with Crippen molar-refractivity contribution in [1.82, 2.24) is 0 Å². The maximum absolute atomic E-state index is 10.8. The van der Waals surface area contributed by atoms with Crippen LogP contribution >= 0.6 is 0 Å². The van der Waals surface area contributed by atoms with Crippen LogP contribution in [0.5, 0.6) is 0 Å². The van der Waals surface area contributed by atoms with E-state index in [9.17, 15) is 4.79 Å². The second kappa shape index (κ2) is 5.01. The predicted octanol–water partition coefficient (Wildman–Crippen LogP) is 2.74. The van der Waals surface area contributed by atoms with Gasteiger partial charge in [0.2, 0.25) is 0 Å². The smallest absolute Gasteiger partial charge is 0.306 e. The van der Waals surface area contributed by atoms with Crippen LogP contribution < -0.4 is 5.32 Å². The van der Waals surface area contributed by atoms with Crippen LogP contribution in [0.4, 0.5) is 5.69 Å². The van der Waals surface area contributed by atoms with Crippen molar-refractivity contribution < 1.29 is 9.90 Å². The average molecular weight is 219 g/mol. The number of rotatable bonds is 3. The maximum atomic E-state index is 10.8. The van der Waals surface area contributed by atoms with E-state index in [4.69, 9.17) is 5.11 Å². The van der Waals surface area contributed by atoms with Crippen LogP contribution in [0.2, 0.25) is 0 Å². The van der Waals surface area contributed by atoms with Crippen molar-refractivity contribution in [2.75, 3.05) is 5.32 Å². The SMILES string of the molecule is O=C(O)[C@H]1CC[C@@H](Nc2ccccc2)CC1. The first-order valence-corrected chi connectivity index (χ1v) is 5.80. The quantitative estimate of drug-likeness (QED) is 0.821. The van der Waals surface area contributed by atoms with Crippen LogP contribution in [0.3, 0.4) is 0 Å². The molecule has 0 spiro atoms. The van der Waals surface area contributed by atoms with Gasteiger partial charge in [-0.05, 0) is 37.8 Å². The molecule has 0 bridgehead atoms. The number of aliphatic carboxylic acids is 1. The minimum absolute atomic E-state index is 0.131. The molecular weight excluding hydrogens is 202 g/mol. The Bertz CT molecular complexity index is 342. The predicted molar refractivity (Wildman–Crippen MR) is 63.4 cm³/mol. The molecule has 3 nitrogen and oxygen atoms in total. The molecule has 0 amide bonds. The van der Waals surface area contributed by atoms with Gasteiger partial charge in [0.1, 0.15) is 0 Å². The van der Waals surface area contributed by atoms with E-state index in [1.165, 1.54) is 0 Å². The lowest BCUT2D eigenvalue weighted by atomic mass is 9.86. The Balaban J connectivity index is 1.84. The second-order valence-corrected chi connectivity index (χ2v) is 4.40. The van der Waals surface area contributed by atoms with Crippen LogP contribution in [-0.4, -0.2) is 17.1 Å². The maximum Gasteiger partial charge on any atom is 0.306 e. The van der Waals surface area contributed by atoms with Crippen molar-refractivity contribution in [2.24, 2.45) is 5.92 Å². The number of carboxylic acid groups (broad SMARTS) is 1. The number of nitrogens with one attached hydrogen (secondary N) is 1. The third-order valence-corrected chi connectivity index (χ3v) is 3.22. The number of para-hydroxylation sites is 1. The molecule has 2 N–H and O–H groups in total. The first kappa shape index (κ1) is 11.0. The van der Waals surface area contributed by atoms with Gasteiger partial charge in [-0.3, -0.25) is 4.79 Å². The molecule has 1 aliphatic carbocycles. The van der Waals surface area contributed by atoms with Crippen LogP contribution in [-0.2, 0) is 4.79 Å². The van der Waals surface area contributed by atoms with Gasteiger partial charge in [0.25, 0.3) is 0 Å². The number of carbonyl (C=O) groups is 1. The van der Waals surface area contributed by atoms with E-state index in [0.29, 0.717) is 6.04 Å². The molecule has 0 unspecified atom stereocenters. The van der Waals surface area contributed by atoms with Gasteiger partial charge in [-0.1, -0.05) is 18.2 Å². The molecule has 0 heterocycles. The Kier molecular flexibility index (Phi) is 3.44. The molecule has 16 heavy (non-hydrogen) atoms. The molecule has 0 atom stereocenters. The second-order valence-electron chi connectivity index (χ2n) is 4.40. The summed E-state index contributed by atoms with van der Waals surface area (Å²) in [5, 5.41) is 12.3. The Morgan fingerprint density at radius 3 is 2.31 bits per heavy atom. The van der Waals surface area contributed by atoms with E-state index in [0.717, 1.165) is 31.4 Å². The molecule has 1 fully saturated rings.